The number of fused-ring (bicyclic) bond motifs is 1. The molecule has 2 aliphatic heterocycles. The molecule has 1 amide bonds. The number of piperidine rings is 1. The maximum Gasteiger partial charge on any atom is 0.428 e. The number of carbonyl (C=O) groups excluding carboxylic acids is 1. The van der Waals surface area contributed by atoms with E-state index in [0.29, 0.717) is 24.7 Å². The first-order chi connectivity index (χ1) is 14.4. The Morgan fingerprint density at radius 3 is 2.39 bits per heavy atom. The van der Waals surface area contributed by atoms with Crippen LogP contribution in [0.3, 0.4) is 0 Å². The lowest BCUT2D eigenvalue weighted by Crippen LogP contribution is -2.53. The molecule has 0 spiro atoms. The second-order valence-electron chi connectivity index (χ2n) is 8.77. The van der Waals surface area contributed by atoms with E-state index >= 15 is 0 Å². The van der Waals surface area contributed by atoms with Crippen molar-refractivity contribution in [2.45, 2.75) is 64.2 Å². The molecular weight excluding hydrogens is 417 g/mol. The van der Waals surface area contributed by atoms with E-state index in [2.05, 4.69) is 0 Å². The Hall–Kier alpha value is -2.20. The first-order valence-electron chi connectivity index (χ1n) is 10.3. The number of ether oxygens (including phenoxy) is 3. The first kappa shape index (κ1) is 23.5. The Labute approximate surface area is 179 Å². The van der Waals surface area contributed by atoms with Gasteiger partial charge in [-0.15, -0.1) is 0 Å². The first-order valence-corrected chi connectivity index (χ1v) is 10.3. The van der Waals surface area contributed by atoms with E-state index in [4.69, 9.17) is 14.2 Å². The molecule has 7 nitrogen and oxygen atoms in total. The van der Waals surface area contributed by atoms with E-state index in [-0.39, 0.29) is 38.5 Å². The summed E-state index contributed by atoms with van der Waals surface area (Å²) in [4.78, 5) is 15.5. The number of amides is 1. The Kier molecular flexibility index (Phi) is 6.90. The molecule has 1 saturated heterocycles. The number of likely N-dealkylation sites (tertiary alicyclic amines) is 1. The topological polar surface area (TPSA) is 71.5 Å². The van der Waals surface area contributed by atoms with Crippen LogP contribution in [-0.2, 0) is 11.3 Å². The van der Waals surface area contributed by atoms with Gasteiger partial charge >= 0.3 is 12.3 Å². The third-order valence-electron chi connectivity index (χ3n) is 5.17. The predicted molar refractivity (Wildman–Crippen MR) is 106 cm³/mol. The van der Waals surface area contributed by atoms with Gasteiger partial charge in [0.05, 0.1) is 0 Å². The summed E-state index contributed by atoms with van der Waals surface area (Å²) in [6.07, 6.45) is -7.16. The van der Waals surface area contributed by atoms with Crippen LogP contribution in [0.2, 0.25) is 0 Å². The van der Waals surface area contributed by atoms with Gasteiger partial charge in [0.25, 0.3) is 0 Å². The number of benzene rings is 1. The molecule has 3 rings (SSSR count). The lowest BCUT2D eigenvalue weighted by Gasteiger charge is -2.40. The van der Waals surface area contributed by atoms with Crippen molar-refractivity contribution in [3.8, 4) is 11.5 Å². The quantitative estimate of drug-likeness (QED) is 0.763. The van der Waals surface area contributed by atoms with Crippen LogP contribution < -0.4 is 9.47 Å². The molecule has 2 aliphatic rings. The van der Waals surface area contributed by atoms with Gasteiger partial charge in [-0.2, -0.15) is 13.2 Å². The lowest BCUT2D eigenvalue weighted by atomic mass is 10.0. The van der Waals surface area contributed by atoms with Crippen molar-refractivity contribution < 1.29 is 37.3 Å². The molecule has 0 radical (unpaired) electrons. The highest BCUT2D eigenvalue weighted by molar-refractivity contribution is 5.68. The molecule has 2 heterocycles. The number of alkyl halides is 3. The summed E-state index contributed by atoms with van der Waals surface area (Å²) >= 11 is 0. The highest BCUT2D eigenvalue weighted by Crippen LogP contribution is 2.32. The van der Waals surface area contributed by atoms with Crippen molar-refractivity contribution in [1.82, 2.24) is 9.80 Å². The van der Waals surface area contributed by atoms with Gasteiger partial charge in [-0.25, -0.2) is 4.79 Å². The molecule has 1 fully saturated rings. The molecule has 31 heavy (non-hydrogen) atoms. The number of nitrogens with zero attached hydrogens (tertiary/aromatic N) is 2. The smallest absolute Gasteiger partial charge is 0.428 e. The fourth-order valence-electron chi connectivity index (χ4n) is 3.70. The summed E-state index contributed by atoms with van der Waals surface area (Å²) in [5, 5.41) is 9.52. The van der Waals surface area contributed by atoms with Crippen LogP contribution in [0.5, 0.6) is 11.5 Å². The highest BCUT2D eigenvalue weighted by Gasteiger charge is 2.44. The summed E-state index contributed by atoms with van der Waals surface area (Å²) in [5.41, 5.74) is 0.0860. The lowest BCUT2D eigenvalue weighted by molar-refractivity contribution is -0.253. The van der Waals surface area contributed by atoms with Crippen molar-refractivity contribution in [2.24, 2.45) is 0 Å². The van der Waals surface area contributed by atoms with Gasteiger partial charge in [-0.3, -0.25) is 4.90 Å². The molecule has 10 heteroatoms. The van der Waals surface area contributed by atoms with E-state index in [1.807, 2.05) is 6.07 Å². The van der Waals surface area contributed by atoms with Crippen LogP contribution in [0.15, 0.2) is 18.2 Å². The van der Waals surface area contributed by atoms with E-state index in [1.165, 1.54) is 0 Å². The second kappa shape index (κ2) is 9.12. The number of aliphatic hydroxyl groups excluding tert-OH is 1. The zero-order valence-corrected chi connectivity index (χ0v) is 17.9. The van der Waals surface area contributed by atoms with E-state index < -0.39 is 24.1 Å². The van der Waals surface area contributed by atoms with Gasteiger partial charge in [0, 0.05) is 25.7 Å². The molecule has 0 aliphatic carbocycles. The molecule has 174 valence electrons. The van der Waals surface area contributed by atoms with Crippen molar-refractivity contribution in [3.63, 3.8) is 0 Å². The predicted octanol–water partition coefficient (Wildman–Crippen LogP) is 3.54. The fraction of sp³-hybridized carbons (Fsp3) is 0.667. The third kappa shape index (κ3) is 6.16. The average molecular weight is 446 g/mol. The van der Waals surface area contributed by atoms with E-state index in [1.54, 1.807) is 37.8 Å². The van der Waals surface area contributed by atoms with Gasteiger partial charge in [-0.1, -0.05) is 6.07 Å². The Balaban J connectivity index is 1.74. The molecule has 1 aromatic rings. The minimum Gasteiger partial charge on any atom is -0.486 e. The van der Waals surface area contributed by atoms with Crippen LogP contribution in [0.4, 0.5) is 18.0 Å². The summed E-state index contributed by atoms with van der Waals surface area (Å²) < 4.78 is 55.2. The van der Waals surface area contributed by atoms with Gasteiger partial charge in [0.2, 0.25) is 6.23 Å². The number of carbonyl (C=O) groups is 1. The molecule has 0 bridgehead atoms. The van der Waals surface area contributed by atoms with Crippen molar-refractivity contribution in [2.75, 3.05) is 26.3 Å². The van der Waals surface area contributed by atoms with Crippen LogP contribution >= 0.6 is 0 Å². The van der Waals surface area contributed by atoms with Crippen molar-refractivity contribution in [1.29, 1.82) is 0 Å². The summed E-state index contributed by atoms with van der Waals surface area (Å²) in [6, 6.07) is 5.08. The monoisotopic (exact) mass is 446 g/mol. The fourth-order valence-corrected chi connectivity index (χ4v) is 3.70. The summed E-state index contributed by atoms with van der Waals surface area (Å²) in [6.45, 7) is 6.45. The molecule has 1 unspecified atom stereocenters. The minimum absolute atomic E-state index is 0.0196. The molecule has 1 aromatic carbocycles. The summed E-state index contributed by atoms with van der Waals surface area (Å²) in [5.74, 6) is 1.23. The number of rotatable bonds is 4. The van der Waals surface area contributed by atoms with Crippen LogP contribution in [-0.4, -0.2) is 71.3 Å². The zero-order valence-electron chi connectivity index (χ0n) is 17.9. The second-order valence-corrected chi connectivity index (χ2v) is 8.77. The van der Waals surface area contributed by atoms with E-state index in [9.17, 15) is 23.1 Å². The Morgan fingerprint density at radius 1 is 1.19 bits per heavy atom. The molecule has 1 N–H and O–H groups in total. The minimum atomic E-state index is -4.71. The SMILES string of the molecule is CC(C)(C)OC(=O)N(Cc1ccc2c(c1)OCCO2)C1CCN(C(O)C(F)(F)F)CC1. The van der Waals surface area contributed by atoms with Crippen molar-refractivity contribution >= 4 is 6.09 Å². The highest BCUT2D eigenvalue weighted by atomic mass is 19.4. The van der Waals surface area contributed by atoms with Crippen LogP contribution in [0.25, 0.3) is 0 Å². The van der Waals surface area contributed by atoms with Gasteiger partial charge in [-0.05, 0) is 51.3 Å². The molecule has 0 aromatic heterocycles. The maximum atomic E-state index is 12.9. The number of halogens is 3. The van der Waals surface area contributed by atoms with Gasteiger partial charge < -0.3 is 24.2 Å². The Morgan fingerprint density at radius 2 is 1.81 bits per heavy atom. The Bertz CT molecular complexity index is 773. The maximum absolute atomic E-state index is 12.9. The van der Waals surface area contributed by atoms with Crippen LogP contribution in [0.1, 0.15) is 39.2 Å². The summed E-state index contributed by atoms with van der Waals surface area (Å²) in [7, 11) is 0. The van der Waals surface area contributed by atoms with E-state index in [0.717, 1.165) is 10.5 Å². The number of aliphatic hydroxyl groups is 1. The number of hydrogen-bond donors (Lipinski definition) is 1. The third-order valence-corrected chi connectivity index (χ3v) is 5.17. The largest absolute Gasteiger partial charge is 0.486 e. The molecular formula is C21H29F3N2O5. The van der Waals surface area contributed by atoms with Gasteiger partial charge in [0.15, 0.2) is 11.5 Å². The van der Waals surface area contributed by atoms with Gasteiger partial charge in [0.1, 0.15) is 18.8 Å². The zero-order chi connectivity index (χ0) is 22.8. The molecule has 1 atom stereocenters. The van der Waals surface area contributed by atoms with Crippen molar-refractivity contribution in [3.05, 3.63) is 23.8 Å². The normalized spacial score (nSPS) is 19.1. The molecule has 0 saturated carbocycles. The average Bonchev–Trinajstić information content (AvgIpc) is 2.69. The standard InChI is InChI=1S/C21H29F3N2O5/c1-20(2,3)31-19(28)26(13-14-4-5-16-17(12-14)30-11-10-29-16)15-6-8-25(9-7-15)18(27)21(22,23)24/h4-5,12,15,18,27H,6-11,13H2,1-3H3. The number of hydrogen-bond acceptors (Lipinski definition) is 6. The van der Waals surface area contributed by atoms with Crippen LogP contribution in [0, 0.1) is 0 Å².